The van der Waals surface area contributed by atoms with Crippen molar-refractivity contribution in [3.63, 3.8) is 0 Å². The molecule has 4 nitrogen and oxygen atoms in total. The molecule has 0 bridgehead atoms. The lowest BCUT2D eigenvalue weighted by atomic mass is 10.3. The summed E-state index contributed by atoms with van der Waals surface area (Å²) in [6, 6.07) is 31.6. The fraction of sp³-hybridized carbons (Fsp3) is 0.419. The van der Waals surface area contributed by atoms with Gasteiger partial charge in [-0.05, 0) is 24.3 Å². The summed E-state index contributed by atoms with van der Waals surface area (Å²) in [6.45, 7) is 11.6. The van der Waals surface area contributed by atoms with Crippen molar-refractivity contribution < 1.29 is 18.9 Å². The summed E-state index contributed by atoms with van der Waals surface area (Å²) >= 11 is 0. The van der Waals surface area contributed by atoms with Crippen molar-refractivity contribution in [3.05, 3.63) is 97.1 Å². The zero-order valence-corrected chi connectivity index (χ0v) is 21.3. The lowest BCUT2D eigenvalue weighted by molar-refractivity contribution is 0.263. The summed E-state index contributed by atoms with van der Waals surface area (Å²) in [5.74, 6) is 1.84. The third-order valence-electron chi connectivity index (χ3n) is 3.83. The minimum Gasteiger partial charge on any atom is -0.491 e. The zero-order valence-electron chi connectivity index (χ0n) is 21.3. The van der Waals surface area contributed by atoms with Crippen molar-refractivity contribution in [2.24, 2.45) is 0 Å². The molecule has 3 aromatic rings. The molecule has 2 aliphatic rings. The van der Waals surface area contributed by atoms with Crippen LogP contribution in [0.2, 0.25) is 0 Å². The highest BCUT2D eigenvalue weighted by Crippen LogP contribution is 2.14. The molecule has 2 heterocycles. The smallest absolute Gasteiger partial charge is 0.119 e. The Morgan fingerprint density at radius 2 is 0.771 bits per heavy atom. The molecule has 4 heteroatoms. The first-order valence-electron chi connectivity index (χ1n) is 12.3. The van der Waals surface area contributed by atoms with E-state index in [1.54, 1.807) is 0 Å². The number of rotatable bonds is 6. The van der Waals surface area contributed by atoms with Gasteiger partial charge in [-0.15, -0.1) is 0 Å². The van der Waals surface area contributed by atoms with Crippen LogP contribution < -0.4 is 9.47 Å². The molecule has 2 saturated heterocycles. The van der Waals surface area contributed by atoms with Gasteiger partial charge in [-0.1, -0.05) is 121 Å². The van der Waals surface area contributed by atoms with Crippen molar-refractivity contribution in [2.75, 3.05) is 26.4 Å². The van der Waals surface area contributed by atoms with Crippen LogP contribution in [0.15, 0.2) is 97.1 Å². The summed E-state index contributed by atoms with van der Waals surface area (Å²) in [6.07, 6.45) is 3.19. The Kier molecular flexibility index (Phi) is 21.1. The van der Waals surface area contributed by atoms with Crippen molar-refractivity contribution in [1.29, 1.82) is 0 Å². The first-order valence-corrected chi connectivity index (χ1v) is 12.3. The van der Waals surface area contributed by atoms with Gasteiger partial charge in [-0.3, -0.25) is 0 Å². The average Bonchev–Trinajstić information content (AvgIpc) is 3.81. The lowest BCUT2D eigenvalue weighted by Gasteiger charge is -2.01. The number of hydrogen-bond donors (Lipinski definition) is 0. The van der Waals surface area contributed by atoms with Gasteiger partial charge in [0, 0.05) is 0 Å². The monoisotopic (exact) mass is 482 g/mol. The van der Waals surface area contributed by atoms with Crippen molar-refractivity contribution >= 4 is 0 Å². The molecule has 3 aromatic carbocycles. The zero-order chi connectivity index (χ0) is 24.7. The molecule has 0 radical (unpaired) electrons. The topological polar surface area (TPSA) is 43.5 Å². The quantitative estimate of drug-likeness (QED) is 0.333. The van der Waals surface area contributed by atoms with Crippen molar-refractivity contribution in [2.45, 2.75) is 60.2 Å². The van der Waals surface area contributed by atoms with Gasteiger partial charge < -0.3 is 18.9 Å². The van der Waals surface area contributed by atoms with Crippen LogP contribution in [-0.4, -0.2) is 38.6 Å². The van der Waals surface area contributed by atoms with E-state index in [2.05, 4.69) is 27.7 Å². The maximum absolute atomic E-state index is 5.40. The second kappa shape index (κ2) is 22.9. The molecule has 0 N–H and O–H groups in total. The van der Waals surface area contributed by atoms with E-state index in [0.29, 0.717) is 25.4 Å². The summed E-state index contributed by atoms with van der Waals surface area (Å²) in [5, 5.41) is 0. The minimum absolute atomic E-state index is 0. The van der Waals surface area contributed by atoms with Gasteiger partial charge in [0.2, 0.25) is 0 Å². The van der Waals surface area contributed by atoms with E-state index >= 15 is 0 Å². The molecular formula is C31H46O4. The van der Waals surface area contributed by atoms with Crippen molar-refractivity contribution in [1.82, 2.24) is 0 Å². The van der Waals surface area contributed by atoms with Gasteiger partial charge in [0.25, 0.3) is 0 Å². The highest BCUT2D eigenvalue weighted by molar-refractivity contribution is 5.21. The molecule has 0 aliphatic carbocycles. The van der Waals surface area contributed by atoms with Gasteiger partial charge in [0.05, 0.1) is 13.2 Å². The molecule has 0 spiro atoms. The molecule has 35 heavy (non-hydrogen) atoms. The Morgan fingerprint density at radius 1 is 0.543 bits per heavy atom. The van der Waals surface area contributed by atoms with Crippen LogP contribution in [0.25, 0.3) is 0 Å². The average molecular weight is 483 g/mol. The van der Waals surface area contributed by atoms with Gasteiger partial charge in [-0.2, -0.15) is 0 Å². The Balaban J connectivity index is 0.000000453. The Bertz CT molecular complexity index is 693. The van der Waals surface area contributed by atoms with E-state index in [9.17, 15) is 0 Å². The molecule has 2 unspecified atom stereocenters. The summed E-state index contributed by atoms with van der Waals surface area (Å²) in [5.41, 5.74) is 0. The summed E-state index contributed by atoms with van der Waals surface area (Å²) < 4.78 is 20.8. The molecular weight excluding hydrogens is 436 g/mol. The number of ether oxygens (including phenoxy) is 4. The number of hydrogen-bond acceptors (Lipinski definition) is 4. The minimum atomic E-state index is 0. The Labute approximate surface area is 214 Å². The Morgan fingerprint density at radius 3 is 1.00 bits per heavy atom. The SMILES string of the molecule is C.CCC.CCC.c1ccc(OCC2CO2)cc1.c1ccc(OCC2CO2)cc1.c1ccccc1. The summed E-state index contributed by atoms with van der Waals surface area (Å²) in [7, 11) is 0. The molecule has 2 atom stereocenters. The first kappa shape index (κ1) is 32.2. The first-order chi connectivity index (χ1) is 16.7. The van der Waals surface area contributed by atoms with Crippen LogP contribution in [0, 0.1) is 0 Å². The second-order valence-electron chi connectivity index (χ2n) is 7.73. The van der Waals surface area contributed by atoms with Crippen LogP contribution in [0.1, 0.15) is 48.0 Å². The molecule has 0 saturated carbocycles. The third kappa shape index (κ3) is 21.5. The number of epoxide rings is 2. The van der Waals surface area contributed by atoms with E-state index < -0.39 is 0 Å². The maximum atomic E-state index is 5.40. The largest absolute Gasteiger partial charge is 0.491 e. The Hall–Kier alpha value is -2.82. The number of benzene rings is 3. The molecule has 0 aromatic heterocycles. The normalized spacial score (nSPS) is 15.8. The predicted molar refractivity (Wildman–Crippen MR) is 148 cm³/mol. The predicted octanol–water partition coefficient (Wildman–Crippen LogP) is 8.08. The highest BCUT2D eigenvalue weighted by Gasteiger charge is 2.23. The van der Waals surface area contributed by atoms with E-state index in [0.717, 1.165) is 24.7 Å². The highest BCUT2D eigenvalue weighted by atomic mass is 16.6. The van der Waals surface area contributed by atoms with Gasteiger partial charge in [-0.25, -0.2) is 0 Å². The standard InChI is InChI=1S/2C9H10O2.C6H6.2C3H8.CH4/c2*1-2-4-8(5-3-1)10-6-9-7-11-9;1-2-4-6-5-3-1;2*1-3-2;/h2*1-5,9H,6-7H2;1-6H;2*3H2,1-2H3;1H4. The van der Waals surface area contributed by atoms with E-state index in [1.165, 1.54) is 12.8 Å². The van der Waals surface area contributed by atoms with Crippen LogP contribution in [0.3, 0.4) is 0 Å². The van der Waals surface area contributed by atoms with Crippen LogP contribution in [-0.2, 0) is 9.47 Å². The fourth-order valence-corrected chi connectivity index (χ4v) is 2.13. The lowest BCUT2D eigenvalue weighted by Crippen LogP contribution is -2.03. The molecule has 2 fully saturated rings. The van der Waals surface area contributed by atoms with Crippen LogP contribution >= 0.6 is 0 Å². The van der Waals surface area contributed by atoms with Crippen LogP contribution in [0.4, 0.5) is 0 Å². The van der Waals surface area contributed by atoms with E-state index in [4.69, 9.17) is 18.9 Å². The van der Waals surface area contributed by atoms with E-state index in [1.807, 2.05) is 97.1 Å². The van der Waals surface area contributed by atoms with E-state index in [-0.39, 0.29) is 7.43 Å². The fourth-order valence-electron chi connectivity index (χ4n) is 2.13. The van der Waals surface area contributed by atoms with Gasteiger partial charge >= 0.3 is 0 Å². The molecule has 2 aliphatic heterocycles. The maximum Gasteiger partial charge on any atom is 0.119 e. The molecule has 5 rings (SSSR count). The second-order valence-corrected chi connectivity index (χ2v) is 7.73. The summed E-state index contributed by atoms with van der Waals surface area (Å²) in [4.78, 5) is 0. The molecule has 0 amide bonds. The van der Waals surface area contributed by atoms with Crippen LogP contribution in [0.5, 0.6) is 11.5 Å². The van der Waals surface area contributed by atoms with Crippen molar-refractivity contribution in [3.8, 4) is 11.5 Å². The van der Waals surface area contributed by atoms with Gasteiger partial charge in [0.15, 0.2) is 0 Å². The molecule has 194 valence electrons. The van der Waals surface area contributed by atoms with Gasteiger partial charge in [0.1, 0.15) is 36.9 Å². The third-order valence-corrected chi connectivity index (χ3v) is 3.83. The number of para-hydroxylation sites is 2.